The molecule has 0 aromatic rings. The van der Waals surface area contributed by atoms with Crippen LogP contribution < -0.4 is 0 Å². The Morgan fingerprint density at radius 2 is 2.12 bits per heavy atom. The highest BCUT2D eigenvalue weighted by atomic mass is 16.3. The Morgan fingerprint density at radius 3 is 2.62 bits per heavy atom. The van der Waals surface area contributed by atoms with E-state index in [1.54, 1.807) is 0 Å². The molecule has 92 valence electrons. The lowest BCUT2D eigenvalue weighted by atomic mass is 9.61. The van der Waals surface area contributed by atoms with Crippen molar-refractivity contribution in [1.29, 1.82) is 0 Å². The molecule has 0 amide bonds. The van der Waals surface area contributed by atoms with Crippen LogP contribution in [0.5, 0.6) is 0 Å². The van der Waals surface area contributed by atoms with E-state index >= 15 is 0 Å². The summed E-state index contributed by atoms with van der Waals surface area (Å²) in [5.41, 5.74) is 0.0574. The van der Waals surface area contributed by atoms with Gasteiger partial charge in [0.2, 0.25) is 0 Å². The van der Waals surface area contributed by atoms with Gasteiger partial charge in [-0.2, -0.15) is 0 Å². The fourth-order valence-corrected chi connectivity index (χ4v) is 4.22. The van der Waals surface area contributed by atoms with Crippen LogP contribution >= 0.6 is 0 Å². The van der Waals surface area contributed by atoms with Crippen molar-refractivity contribution in [1.82, 2.24) is 0 Å². The Balaban J connectivity index is 2.35. The first-order chi connectivity index (χ1) is 7.43. The molecule has 2 saturated carbocycles. The highest BCUT2D eigenvalue weighted by Gasteiger charge is 2.59. The molecule has 0 spiro atoms. The van der Waals surface area contributed by atoms with E-state index in [0.29, 0.717) is 23.5 Å². The predicted octanol–water partition coefficient (Wildman–Crippen LogP) is 2.50. The van der Waals surface area contributed by atoms with Crippen molar-refractivity contribution in [2.24, 2.45) is 35.0 Å². The van der Waals surface area contributed by atoms with E-state index in [-0.39, 0.29) is 23.9 Å². The minimum atomic E-state index is -0.101. The molecule has 16 heavy (non-hydrogen) atoms. The molecule has 2 nitrogen and oxygen atoms in total. The van der Waals surface area contributed by atoms with E-state index in [4.69, 9.17) is 0 Å². The van der Waals surface area contributed by atoms with Gasteiger partial charge in [-0.1, -0.05) is 27.7 Å². The van der Waals surface area contributed by atoms with Gasteiger partial charge in [-0.05, 0) is 36.0 Å². The molecule has 1 N–H and O–H groups in total. The summed E-state index contributed by atoms with van der Waals surface area (Å²) >= 11 is 0. The number of aliphatic hydroxyl groups is 1. The lowest BCUT2D eigenvalue weighted by Gasteiger charge is -2.42. The summed E-state index contributed by atoms with van der Waals surface area (Å²) in [6, 6.07) is 0. The molecule has 2 aliphatic carbocycles. The summed E-state index contributed by atoms with van der Waals surface area (Å²) in [6.07, 6.45) is 2.26. The smallest absolute Gasteiger partial charge is 0.142 e. The first kappa shape index (κ1) is 12.1. The summed E-state index contributed by atoms with van der Waals surface area (Å²) in [7, 11) is 0. The molecule has 0 aliphatic heterocycles. The summed E-state index contributed by atoms with van der Waals surface area (Å²) in [6.45, 7) is 8.90. The van der Waals surface area contributed by atoms with Gasteiger partial charge < -0.3 is 5.11 Å². The van der Waals surface area contributed by atoms with Crippen molar-refractivity contribution in [2.45, 2.75) is 40.5 Å². The molecule has 0 saturated heterocycles. The fourth-order valence-electron chi connectivity index (χ4n) is 4.22. The molecular weight excluding hydrogens is 200 g/mol. The lowest BCUT2D eigenvalue weighted by Crippen LogP contribution is -2.37. The quantitative estimate of drug-likeness (QED) is 0.782. The zero-order valence-corrected chi connectivity index (χ0v) is 10.9. The van der Waals surface area contributed by atoms with Gasteiger partial charge in [0.05, 0.1) is 6.61 Å². The van der Waals surface area contributed by atoms with Gasteiger partial charge in [-0.15, -0.1) is 0 Å². The molecule has 0 aromatic heterocycles. The summed E-state index contributed by atoms with van der Waals surface area (Å²) in [5, 5.41) is 9.47. The third kappa shape index (κ3) is 1.38. The van der Waals surface area contributed by atoms with Gasteiger partial charge in [0.15, 0.2) is 0 Å². The number of hydrogen-bond acceptors (Lipinski definition) is 2. The first-order valence-corrected chi connectivity index (χ1v) is 6.58. The predicted molar refractivity (Wildman–Crippen MR) is 63.9 cm³/mol. The van der Waals surface area contributed by atoms with Crippen molar-refractivity contribution in [3.63, 3.8) is 0 Å². The van der Waals surface area contributed by atoms with Gasteiger partial charge in [-0.25, -0.2) is 0 Å². The Kier molecular flexibility index (Phi) is 2.90. The second kappa shape index (κ2) is 3.83. The maximum Gasteiger partial charge on any atom is 0.142 e. The number of aliphatic hydroxyl groups excluding tert-OH is 1. The summed E-state index contributed by atoms with van der Waals surface area (Å²) < 4.78 is 0. The Bertz CT molecular complexity index is 297. The fraction of sp³-hybridized carbons (Fsp3) is 0.929. The SMILES string of the molecule is CC(C)[C@H]1CC[C@]2(C)C(C)[C@H]1C(=O)[C@@H]2CO. The molecule has 1 unspecified atom stereocenters. The molecule has 2 aliphatic rings. The third-order valence-electron chi connectivity index (χ3n) is 5.56. The van der Waals surface area contributed by atoms with Crippen LogP contribution in [0.2, 0.25) is 0 Å². The number of fused-ring (bicyclic) bond motifs is 2. The highest BCUT2D eigenvalue weighted by Crippen LogP contribution is 2.59. The summed E-state index contributed by atoms with van der Waals surface area (Å²) in [5.74, 6) is 2.00. The zero-order chi connectivity index (χ0) is 12.1. The van der Waals surface area contributed by atoms with Crippen molar-refractivity contribution in [3.05, 3.63) is 0 Å². The lowest BCUT2D eigenvalue weighted by molar-refractivity contribution is -0.127. The normalized spacial score (nSPS) is 47.8. The second-order valence-corrected chi connectivity index (χ2v) is 6.40. The van der Waals surface area contributed by atoms with Gasteiger partial charge >= 0.3 is 0 Å². The van der Waals surface area contributed by atoms with Crippen LogP contribution in [-0.4, -0.2) is 17.5 Å². The second-order valence-electron chi connectivity index (χ2n) is 6.40. The maximum atomic E-state index is 12.4. The third-order valence-corrected chi connectivity index (χ3v) is 5.56. The zero-order valence-electron chi connectivity index (χ0n) is 10.9. The van der Waals surface area contributed by atoms with E-state index in [1.165, 1.54) is 0 Å². The van der Waals surface area contributed by atoms with Crippen molar-refractivity contribution in [3.8, 4) is 0 Å². The average Bonchev–Trinajstić information content (AvgIpc) is 2.33. The number of carbonyl (C=O) groups excluding carboxylic acids is 1. The van der Waals surface area contributed by atoms with Crippen LogP contribution in [0.15, 0.2) is 0 Å². The van der Waals surface area contributed by atoms with Crippen LogP contribution in [0.4, 0.5) is 0 Å². The molecule has 0 radical (unpaired) electrons. The van der Waals surface area contributed by atoms with E-state index in [1.807, 2.05) is 0 Å². The van der Waals surface area contributed by atoms with Crippen LogP contribution in [-0.2, 0) is 4.79 Å². The van der Waals surface area contributed by atoms with Crippen LogP contribution in [0, 0.1) is 35.0 Å². The molecule has 2 heteroatoms. The molecule has 0 aromatic carbocycles. The van der Waals surface area contributed by atoms with Crippen LogP contribution in [0.1, 0.15) is 40.5 Å². The standard InChI is InChI=1S/C14H24O2/c1-8(2)10-5-6-14(4)9(3)12(10)13(16)11(14)7-15/h8-12,15H,5-7H2,1-4H3/t9?,10-,11+,12-,14-/m1/s1. The van der Waals surface area contributed by atoms with E-state index < -0.39 is 0 Å². The Labute approximate surface area is 98.4 Å². The van der Waals surface area contributed by atoms with E-state index in [9.17, 15) is 9.90 Å². The highest BCUT2D eigenvalue weighted by molar-refractivity contribution is 5.88. The topological polar surface area (TPSA) is 37.3 Å². The monoisotopic (exact) mass is 224 g/mol. The van der Waals surface area contributed by atoms with Crippen LogP contribution in [0.25, 0.3) is 0 Å². The van der Waals surface area contributed by atoms with Crippen LogP contribution in [0.3, 0.4) is 0 Å². The first-order valence-electron chi connectivity index (χ1n) is 6.58. The molecule has 5 atom stereocenters. The Hall–Kier alpha value is -0.370. The Morgan fingerprint density at radius 1 is 1.50 bits per heavy atom. The number of hydrogen-bond donors (Lipinski definition) is 1. The number of Topliss-reactive ketones (excluding diaryl/α,β-unsaturated/α-hetero) is 1. The molecule has 0 heterocycles. The van der Waals surface area contributed by atoms with Gasteiger partial charge in [0.25, 0.3) is 0 Å². The minimum Gasteiger partial charge on any atom is -0.396 e. The van der Waals surface area contributed by atoms with Crippen molar-refractivity contribution in [2.75, 3.05) is 6.61 Å². The largest absolute Gasteiger partial charge is 0.396 e. The summed E-state index contributed by atoms with van der Waals surface area (Å²) in [4.78, 5) is 12.4. The van der Waals surface area contributed by atoms with Crippen molar-refractivity contribution >= 4 is 5.78 Å². The van der Waals surface area contributed by atoms with Gasteiger partial charge in [0.1, 0.15) is 5.78 Å². The minimum absolute atomic E-state index is 0.0426. The van der Waals surface area contributed by atoms with E-state index in [2.05, 4.69) is 27.7 Å². The molecule has 2 bridgehead atoms. The maximum absolute atomic E-state index is 12.4. The van der Waals surface area contributed by atoms with Crippen molar-refractivity contribution < 1.29 is 9.90 Å². The van der Waals surface area contributed by atoms with E-state index in [0.717, 1.165) is 12.8 Å². The number of rotatable bonds is 2. The molecular formula is C14H24O2. The number of ketones is 1. The average molecular weight is 224 g/mol. The van der Waals surface area contributed by atoms with Gasteiger partial charge in [-0.3, -0.25) is 4.79 Å². The molecule has 2 fully saturated rings. The van der Waals surface area contributed by atoms with Gasteiger partial charge in [0, 0.05) is 11.8 Å². The number of carbonyl (C=O) groups is 1. The molecule has 2 rings (SSSR count).